The number of benzene rings is 1. The minimum absolute atomic E-state index is 0.0410. The number of thiophene rings is 1. The molecule has 2 aromatic rings. The molecule has 26 heavy (non-hydrogen) atoms. The molecule has 142 valence electrons. The summed E-state index contributed by atoms with van der Waals surface area (Å²) in [6.45, 7) is 9.92. The van der Waals surface area contributed by atoms with Crippen LogP contribution >= 0.6 is 27.3 Å². The Morgan fingerprint density at radius 1 is 1.15 bits per heavy atom. The van der Waals surface area contributed by atoms with Gasteiger partial charge < -0.3 is 0 Å². The predicted octanol–water partition coefficient (Wildman–Crippen LogP) is 6.69. The van der Waals surface area contributed by atoms with E-state index in [0.717, 1.165) is 36.8 Å². The van der Waals surface area contributed by atoms with Crippen molar-refractivity contribution in [2.75, 3.05) is 0 Å². The lowest BCUT2D eigenvalue weighted by molar-refractivity contribution is -0.132. The fraction of sp³-hybridized carbons (Fsp3) is 0.500. The molecule has 0 spiro atoms. The molecule has 1 aromatic heterocycles. The Morgan fingerprint density at radius 3 is 2.38 bits per heavy atom. The molecule has 1 aromatic carbocycles. The maximum atomic E-state index is 13.2. The average Bonchev–Trinajstić information content (AvgIpc) is 3.09. The summed E-state index contributed by atoms with van der Waals surface area (Å²) in [6, 6.07) is 12.6. The molecule has 0 N–H and O–H groups in total. The molecule has 0 amide bonds. The summed E-state index contributed by atoms with van der Waals surface area (Å²) in [5, 5.41) is 2.11. The molecule has 0 saturated heterocycles. The number of rotatable bonds is 9. The number of nitrogens with zero attached hydrogens (tertiary/aromatic N) is 1. The molecule has 1 heterocycles. The van der Waals surface area contributed by atoms with Crippen molar-refractivity contribution in [3.63, 3.8) is 0 Å². The van der Waals surface area contributed by atoms with Gasteiger partial charge in [-0.15, -0.1) is 11.3 Å². The maximum absolute atomic E-state index is 13.2. The molecule has 0 aliphatic rings. The number of carbonyl (C=O) groups excluding carboxylic acids is 1. The molecule has 0 saturated carbocycles. The number of ketones is 1. The molecule has 2 rings (SSSR count). The van der Waals surface area contributed by atoms with Crippen molar-refractivity contribution in [3.8, 4) is 0 Å². The minimum Gasteiger partial charge on any atom is -0.297 e. The maximum Gasteiger partial charge on any atom is 0.155 e. The average molecular weight is 436 g/mol. The van der Waals surface area contributed by atoms with Crippen LogP contribution in [0.15, 0.2) is 46.3 Å². The monoisotopic (exact) mass is 435 g/mol. The predicted molar refractivity (Wildman–Crippen MR) is 115 cm³/mol. The fourth-order valence-corrected chi connectivity index (χ4v) is 4.07. The zero-order valence-corrected chi connectivity index (χ0v) is 18.7. The van der Waals surface area contributed by atoms with E-state index in [0.29, 0.717) is 5.78 Å². The lowest BCUT2D eigenvalue weighted by Crippen LogP contribution is -2.45. The summed E-state index contributed by atoms with van der Waals surface area (Å²) in [5.41, 5.74) is 0.916. The first-order chi connectivity index (χ1) is 12.3. The SMILES string of the molecule is CCCCC(C(=O)C(C)(C)C)N(Cc1ccc(Br)cc1)Cc1cccs1. The fourth-order valence-electron chi connectivity index (χ4n) is 3.08. The molecule has 1 unspecified atom stereocenters. The topological polar surface area (TPSA) is 20.3 Å². The van der Waals surface area contributed by atoms with Crippen LogP contribution in [-0.4, -0.2) is 16.7 Å². The number of Topliss-reactive ketones (excluding diaryl/α,β-unsaturated/α-hetero) is 1. The largest absolute Gasteiger partial charge is 0.297 e. The lowest BCUT2D eigenvalue weighted by Gasteiger charge is -2.34. The summed E-state index contributed by atoms with van der Waals surface area (Å²) in [6.07, 6.45) is 3.11. The number of carbonyl (C=O) groups is 1. The van der Waals surface area contributed by atoms with Crippen LogP contribution in [0, 0.1) is 5.41 Å². The Hall–Kier alpha value is -0.970. The van der Waals surface area contributed by atoms with Gasteiger partial charge in [0, 0.05) is 27.9 Å². The molecule has 0 bridgehead atoms. The second kappa shape index (κ2) is 9.82. The normalized spacial score (nSPS) is 13.2. The zero-order chi connectivity index (χ0) is 19.2. The van der Waals surface area contributed by atoms with Gasteiger partial charge in [-0.1, -0.05) is 74.7 Å². The molecular weight excluding hydrogens is 406 g/mol. The van der Waals surface area contributed by atoms with E-state index >= 15 is 0 Å². The van der Waals surface area contributed by atoms with Gasteiger partial charge in [0.1, 0.15) is 0 Å². The molecule has 0 aliphatic heterocycles. The standard InChI is InChI=1S/C22H30BrNOS/c1-5-6-9-20(21(25)22(2,3)4)24(16-19-8-7-14-26-19)15-17-10-12-18(23)13-11-17/h7-8,10-14,20H,5-6,9,15-16H2,1-4H3. The number of hydrogen-bond donors (Lipinski definition) is 0. The summed E-state index contributed by atoms with van der Waals surface area (Å²) >= 11 is 5.27. The first kappa shape index (κ1) is 21.3. The Labute approximate surface area is 170 Å². The zero-order valence-electron chi connectivity index (χ0n) is 16.3. The second-order valence-electron chi connectivity index (χ2n) is 7.88. The van der Waals surface area contributed by atoms with Crippen LogP contribution < -0.4 is 0 Å². The molecule has 1 atom stereocenters. The molecule has 0 fully saturated rings. The summed E-state index contributed by atoms with van der Waals surface area (Å²) in [5.74, 6) is 0.347. The van der Waals surface area contributed by atoms with Crippen LogP contribution in [0.1, 0.15) is 57.4 Å². The van der Waals surface area contributed by atoms with Gasteiger partial charge in [0.25, 0.3) is 0 Å². The lowest BCUT2D eigenvalue weighted by atomic mass is 9.84. The summed E-state index contributed by atoms with van der Waals surface area (Å²) in [7, 11) is 0. The van der Waals surface area contributed by atoms with Crippen molar-refractivity contribution in [1.29, 1.82) is 0 Å². The molecule has 0 radical (unpaired) electrons. The van der Waals surface area contributed by atoms with Crippen LogP contribution in [-0.2, 0) is 17.9 Å². The van der Waals surface area contributed by atoms with Gasteiger partial charge in [0.2, 0.25) is 0 Å². The second-order valence-corrected chi connectivity index (χ2v) is 9.83. The van der Waals surface area contributed by atoms with E-state index in [-0.39, 0.29) is 11.5 Å². The molecule has 4 heteroatoms. The number of unbranched alkanes of at least 4 members (excludes halogenated alkanes) is 1. The van der Waals surface area contributed by atoms with E-state index in [4.69, 9.17) is 0 Å². The van der Waals surface area contributed by atoms with Crippen molar-refractivity contribution in [3.05, 3.63) is 56.7 Å². The molecular formula is C22H30BrNOS. The van der Waals surface area contributed by atoms with Gasteiger partial charge in [-0.2, -0.15) is 0 Å². The van der Waals surface area contributed by atoms with Crippen LogP contribution in [0.3, 0.4) is 0 Å². The third kappa shape index (κ3) is 6.33. The Balaban J connectivity index is 2.30. The third-order valence-corrected chi connectivity index (χ3v) is 5.94. The van der Waals surface area contributed by atoms with E-state index in [9.17, 15) is 4.79 Å². The first-order valence-corrected chi connectivity index (χ1v) is 11.0. The van der Waals surface area contributed by atoms with Crippen molar-refractivity contribution >= 4 is 33.0 Å². The highest BCUT2D eigenvalue weighted by Crippen LogP contribution is 2.27. The van der Waals surface area contributed by atoms with Gasteiger partial charge in [0.15, 0.2) is 5.78 Å². The van der Waals surface area contributed by atoms with E-state index < -0.39 is 0 Å². The minimum atomic E-state index is -0.328. The number of hydrogen-bond acceptors (Lipinski definition) is 3. The Kier molecular flexibility index (Phi) is 8.05. The third-order valence-electron chi connectivity index (χ3n) is 4.55. The first-order valence-electron chi connectivity index (χ1n) is 9.36. The van der Waals surface area contributed by atoms with E-state index in [1.54, 1.807) is 11.3 Å². The van der Waals surface area contributed by atoms with Gasteiger partial charge in [0.05, 0.1) is 6.04 Å². The quantitative estimate of drug-likeness (QED) is 0.437. The van der Waals surface area contributed by atoms with Gasteiger partial charge in [-0.25, -0.2) is 0 Å². The van der Waals surface area contributed by atoms with E-state index in [2.05, 4.69) is 69.5 Å². The van der Waals surface area contributed by atoms with Crippen LogP contribution in [0.4, 0.5) is 0 Å². The van der Waals surface area contributed by atoms with E-state index in [1.807, 2.05) is 20.8 Å². The van der Waals surface area contributed by atoms with Crippen LogP contribution in [0.2, 0.25) is 0 Å². The van der Waals surface area contributed by atoms with Crippen LogP contribution in [0.25, 0.3) is 0 Å². The smallest absolute Gasteiger partial charge is 0.155 e. The Morgan fingerprint density at radius 2 is 1.85 bits per heavy atom. The van der Waals surface area contributed by atoms with Crippen molar-refractivity contribution < 1.29 is 4.79 Å². The highest BCUT2D eigenvalue weighted by Gasteiger charge is 2.33. The highest BCUT2D eigenvalue weighted by molar-refractivity contribution is 9.10. The highest BCUT2D eigenvalue weighted by atomic mass is 79.9. The Bertz CT molecular complexity index is 673. The summed E-state index contributed by atoms with van der Waals surface area (Å²) < 4.78 is 1.08. The van der Waals surface area contributed by atoms with Crippen LogP contribution in [0.5, 0.6) is 0 Å². The van der Waals surface area contributed by atoms with Gasteiger partial charge in [-0.3, -0.25) is 9.69 Å². The number of halogens is 1. The molecule has 2 nitrogen and oxygen atoms in total. The van der Waals surface area contributed by atoms with Gasteiger partial charge >= 0.3 is 0 Å². The van der Waals surface area contributed by atoms with Crippen molar-refractivity contribution in [2.24, 2.45) is 5.41 Å². The van der Waals surface area contributed by atoms with E-state index in [1.165, 1.54) is 10.4 Å². The van der Waals surface area contributed by atoms with Crippen molar-refractivity contribution in [2.45, 2.75) is 66.1 Å². The van der Waals surface area contributed by atoms with Crippen molar-refractivity contribution in [1.82, 2.24) is 4.90 Å². The molecule has 0 aliphatic carbocycles. The van der Waals surface area contributed by atoms with Gasteiger partial charge in [-0.05, 0) is 35.6 Å². The summed E-state index contributed by atoms with van der Waals surface area (Å²) in [4.78, 5) is 16.9.